The summed E-state index contributed by atoms with van der Waals surface area (Å²) in [5.74, 6) is -0.332. The lowest BCUT2D eigenvalue weighted by atomic mass is 10.4. The average molecular weight is 145 g/mol. The molecule has 0 aromatic rings. The Kier molecular flexibility index (Phi) is 2.06. The van der Waals surface area contributed by atoms with Crippen LogP contribution < -0.4 is 0 Å². The smallest absolute Gasteiger partial charge is 0.138 e. The van der Waals surface area contributed by atoms with Crippen LogP contribution in [-0.4, -0.2) is 0 Å². The van der Waals surface area contributed by atoms with Crippen molar-refractivity contribution in [1.82, 2.24) is 0 Å². The summed E-state index contributed by atoms with van der Waals surface area (Å²) in [5.41, 5.74) is 0. The van der Waals surface area contributed by atoms with Gasteiger partial charge in [-0.25, -0.2) is 4.39 Å². The molecule has 0 heterocycles. The van der Waals surface area contributed by atoms with E-state index in [9.17, 15) is 4.39 Å². The summed E-state index contributed by atoms with van der Waals surface area (Å²) in [5, 5.41) is 0.184. The maximum Gasteiger partial charge on any atom is 0.138 e. The lowest BCUT2D eigenvalue weighted by Gasteiger charge is -1.87. The van der Waals surface area contributed by atoms with Gasteiger partial charge in [0.25, 0.3) is 0 Å². The maximum absolute atomic E-state index is 12.5. The Balaban J connectivity index is 2.85. The lowest BCUT2D eigenvalue weighted by molar-refractivity contribution is 0.659. The summed E-state index contributed by atoms with van der Waals surface area (Å²) in [4.78, 5) is 0. The van der Waals surface area contributed by atoms with E-state index in [0.29, 0.717) is 6.42 Å². The molecule has 0 N–H and O–H groups in total. The summed E-state index contributed by atoms with van der Waals surface area (Å²) in [6, 6.07) is 0. The first-order valence-corrected chi connectivity index (χ1v) is 3.07. The van der Waals surface area contributed by atoms with Crippen LogP contribution in [0.25, 0.3) is 0 Å². The monoisotopic (exact) mass is 144 g/mol. The molecule has 0 saturated carbocycles. The minimum atomic E-state index is -0.332. The van der Waals surface area contributed by atoms with Crippen molar-refractivity contribution in [2.75, 3.05) is 0 Å². The molecule has 0 radical (unpaired) electrons. The van der Waals surface area contributed by atoms with Crippen LogP contribution >= 0.6 is 11.6 Å². The van der Waals surface area contributed by atoms with Gasteiger partial charge in [0, 0.05) is 0 Å². The van der Waals surface area contributed by atoms with Crippen LogP contribution in [0.1, 0.15) is 6.42 Å². The van der Waals surface area contributed by atoms with Crippen LogP contribution in [-0.2, 0) is 0 Å². The number of hydrogen-bond donors (Lipinski definition) is 0. The number of allylic oxidation sites excluding steroid dienone is 6. The van der Waals surface area contributed by atoms with E-state index in [4.69, 9.17) is 11.6 Å². The fraction of sp³-hybridized carbons (Fsp3) is 0.143. The van der Waals surface area contributed by atoms with Gasteiger partial charge >= 0.3 is 0 Å². The minimum Gasteiger partial charge on any atom is -0.206 e. The highest BCUT2D eigenvalue weighted by Gasteiger charge is 1.98. The predicted molar refractivity (Wildman–Crippen MR) is 36.9 cm³/mol. The quantitative estimate of drug-likeness (QED) is 0.491. The second-order valence-electron chi connectivity index (χ2n) is 1.73. The van der Waals surface area contributed by atoms with Crippen molar-refractivity contribution < 1.29 is 4.39 Å². The molecule has 48 valence electrons. The molecule has 0 saturated heterocycles. The summed E-state index contributed by atoms with van der Waals surface area (Å²) >= 11 is 5.44. The molecule has 0 aromatic carbocycles. The second kappa shape index (κ2) is 2.83. The highest BCUT2D eigenvalue weighted by atomic mass is 35.5. The third-order valence-corrected chi connectivity index (χ3v) is 1.35. The van der Waals surface area contributed by atoms with E-state index < -0.39 is 0 Å². The zero-order valence-electron chi connectivity index (χ0n) is 4.77. The zero-order chi connectivity index (χ0) is 6.69. The van der Waals surface area contributed by atoms with Crippen LogP contribution in [0.3, 0.4) is 0 Å². The fourth-order valence-electron chi connectivity index (χ4n) is 0.580. The van der Waals surface area contributed by atoms with Crippen molar-refractivity contribution in [2.45, 2.75) is 6.42 Å². The third-order valence-electron chi connectivity index (χ3n) is 1.04. The van der Waals surface area contributed by atoms with Crippen molar-refractivity contribution in [3.8, 4) is 0 Å². The van der Waals surface area contributed by atoms with Gasteiger partial charge in [0.05, 0.1) is 5.03 Å². The van der Waals surface area contributed by atoms with E-state index in [1.165, 1.54) is 6.08 Å². The normalized spacial score (nSPS) is 18.4. The van der Waals surface area contributed by atoms with Crippen molar-refractivity contribution >= 4 is 11.6 Å². The van der Waals surface area contributed by atoms with Crippen LogP contribution in [0.15, 0.2) is 35.2 Å². The van der Waals surface area contributed by atoms with Crippen LogP contribution in [0.2, 0.25) is 0 Å². The summed E-state index contributed by atoms with van der Waals surface area (Å²) in [6.45, 7) is 0. The molecule has 9 heavy (non-hydrogen) atoms. The Hall–Kier alpha value is -0.560. The SMILES string of the molecule is FC1=CCC=CC=C1Cl. The molecular formula is C7H6ClF. The van der Waals surface area contributed by atoms with Gasteiger partial charge in [0.15, 0.2) is 0 Å². The molecule has 2 heteroatoms. The number of rotatable bonds is 0. The molecule has 0 spiro atoms. The van der Waals surface area contributed by atoms with Gasteiger partial charge in [0.1, 0.15) is 5.83 Å². The van der Waals surface area contributed by atoms with E-state index in [1.54, 1.807) is 12.2 Å². The van der Waals surface area contributed by atoms with Gasteiger partial charge in [-0.2, -0.15) is 0 Å². The number of hydrogen-bond acceptors (Lipinski definition) is 0. The first kappa shape index (κ1) is 6.56. The highest BCUT2D eigenvalue weighted by molar-refractivity contribution is 6.31. The number of halogens is 2. The largest absolute Gasteiger partial charge is 0.206 e. The van der Waals surface area contributed by atoms with E-state index in [-0.39, 0.29) is 10.9 Å². The van der Waals surface area contributed by atoms with Gasteiger partial charge in [-0.1, -0.05) is 23.8 Å². The Labute approximate surface area is 58.3 Å². The third kappa shape index (κ3) is 1.68. The minimum absolute atomic E-state index is 0.184. The van der Waals surface area contributed by atoms with Crippen LogP contribution in [0, 0.1) is 0 Å². The molecule has 0 aliphatic heterocycles. The standard InChI is InChI=1S/C7H6ClF/c8-6-4-2-1-3-5-7(6)9/h1-2,4-5H,3H2. The Bertz CT molecular complexity index is 189. The second-order valence-corrected chi connectivity index (χ2v) is 2.14. The predicted octanol–water partition coefficient (Wildman–Crippen LogP) is 2.92. The Morgan fingerprint density at radius 3 is 3.11 bits per heavy atom. The maximum atomic E-state index is 12.5. The Morgan fingerprint density at radius 1 is 1.56 bits per heavy atom. The molecule has 0 fully saturated rings. The lowest BCUT2D eigenvalue weighted by Crippen LogP contribution is -1.69. The molecule has 1 aliphatic rings. The molecule has 0 amide bonds. The van der Waals surface area contributed by atoms with Gasteiger partial charge < -0.3 is 0 Å². The van der Waals surface area contributed by atoms with Gasteiger partial charge in [0.2, 0.25) is 0 Å². The van der Waals surface area contributed by atoms with Crippen molar-refractivity contribution in [3.63, 3.8) is 0 Å². The van der Waals surface area contributed by atoms with E-state index in [0.717, 1.165) is 0 Å². The van der Waals surface area contributed by atoms with E-state index >= 15 is 0 Å². The first-order chi connectivity index (χ1) is 4.30. The van der Waals surface area contributed by atoms with Crippen molar-refractivity contribution in [3.05, 3.63) is 35.2 Å². The topological polar surface area (TPSA) is 0 Å². The molecule has 1 rings (SSSR count). The van der Waals surface area contributed by atoms with Gasteiger partial charge in [-0.3, -0.25) is 0 Å². The molecule has 0 aromatic heterocycles. The molecular weight excluding hydrogens is 139 g/mol. The summed E-state index contributed by atoms with van der Waals surface area (Å²) in [7, 11) is 0. The first-order valence-electron chi connectivity index (χ1n) is 2.69. The van der Waals surface area contributed by atoms with Crippen LogP contribution in [0.4, 0.5) is 4.39 Å². The highest BCUT2D eigenvalue weighted by Crippen LogP contribution is 2.18. The molecule has 0 nitrogen and oxygen atoms in total. The van der Waals surface area contributed by atoms with Gasteiger partial charge in [-0.05, 0) is 18.6 Å². The molecule has 0 unspecified atom stereocenters. The summed E-state index contributed by atoms with van der Waals surface area (Å²) in [6.07, 6.45) is 7.20. The van der Waals surface area contributed by atoms with Crippen molar-refractivity contribution in [2.24, 2.45) is 0 Å². The average Bonchev–Trinajstić information content (AvgIpc) is 1.99. The van der Waals surface area contributed by atoms with Crippen molar-refractivity contribution in [1.29, 1.82) is 0 Å². The van der Waals surface area contributed by atoms with E-state index in [2.05, 4.69) is 0 Å². The molecule has 0 atom stereocenters. The van der Waals surface area contributed by atoms with Gasteiger partial charge in [-0.15, -0.1) is 0 Å². The Morgan fingerprint density at radius 2 is 2.33 bits per heavy atom. The molecule has 0 bridgehead atoms. The van der Waals surface area contributed by atoms with Crippen LogP contribution in [0.5, 0.6) is 0 Å². The fourth-order valence-corrected chi connectivity index (χ4v) is 0.730. The molecule has 1 aliphatic carbocycles. The summed E-state index contributed by atoms with van der Waals surface area (Å²) < 4.78 is 12.5. The zero-order valence-corrected chi connectivity index (χ0v) is 5.53. The van der Waals surface area contributed by atoms with E-state index in [1.807, 2.05) is 6.08 Å².